The molecule has 0 aliphatic rings. The van der Waals surface area contributed by atoms with Crippen LogP contribution in [0.4, 0.5) is 0 Å². The van der Waals surface area contributed by atoms with Gasteiger partial charge in [0.1, 0.15) is 5.75 Å². The van der Waals surface area contributed by atoms with Crippen molar-refractivity contribution in [1.82, 2.24) is 15.8 Å². The number of benzene rings is 2. The van der Waals surface area contributed by atoms with Crippen LogP contribution < -0.4 is 15.6 Å². The lowest BCUT2D eigenvalue weighted by molar-refractivity contribution is -0.130. The molecule has 0 fully saturated rings. The number of hydrazine groups is 1. The van der Waals surface area contributed by atoms with Gasteiger partial charge in [-0.2, -0.15) is 0 Å². The van der Waals surface area contributed by atoms with E-state index in [2.05, 4.69) is 10.9 Å². The lowest BCUT2D eigenvalue weighted by Crippen LogP contribution is -2.44. The van der Waals surface area contributed by atoms with E-state index in [4.69, 9.17) is 4.74 Å². The average molecular weight is 315 g/mol. The van der Waals surface area contributed by atoms with Gasteiger partial charge in [-0.15, -0.1) is 0 Å². The first-order valence-corrected chi connectivity index (χ1v) is 7.38. The maximum atomic E-state index is 11.7. The highest BCUT2D eigenvalue weighted by atomic mass is 16.5. The molecule has 0 aliphatic heterocycles. The zero-order valence-corrected chi connectivity index (χ0v) is 13.3. The van der Waals surface area contributed by atoms with Gasteiger partial charge in [0.2, 0.25) is 5.91 Å². The van der Waals surface area contributed by atoms with E-state index in [-0.39, 0.29) is 12.5 Å². The Bertz CT molecular complexity index is 686. The van der Waals surface area contributed by atoms with Crippen molar-refractivity contribution in [2.75, 3.05) is 27.2 Å². The highest BCUT2D eigenvalue weighted by Gasteiger charge is 2.06. The number of nitrogens with one attached hydrogen (secondary N) is 2. The highest BCUT2D eigenvalue weighted by Crippen LogP contribution is 2.20. The van der Waals surface area contributed by atoms with E-state index >= 15 is 0 Å². The summed E-state index contributed by atoms with van der Waals surface area (Å²) in [6.07, 6.45) is 0.318. The van der Waals surface area contributed by atoms with Gasteiger partial charge < -0.3 is 9.64 Å². The Morgan fingerprint density at radius 3 is 2.43 bits per heavy atom. The zero-order valence-electron chi connectivity index (χ0n) is 13.3. The molecule has 2 amide bonds. The second kappa shape index (κ2) is 8.14. The van der Waals surface area contributed by atoms with Crippen LogP contribution in [-0.4, -0.2) is 44.0 Å². The van der Waals surface area contributed by atoms with Crippen LogP contribution >= 0.6 is 0 Å². The largest absolute Gasteiger partial charge is 0.484 e. The van der Waals surface area contributed by atoms with Crippen LogP contribution in [0.2, 0.25) is 0 Å². The first-order valence-electron chi connectivity index (χ1n) is 7.38. The van der Waals surface area contributed by atoms with E-state index in [1.165, 1.54) is 0 Å². The Balaban J connectivity index is 1.76. The van der Waals surface area contributed by atoms with E-state index in [1.807, 2.05) is 61.5 Å². The van der Waals surface area contributed by atoms with E-state index < -0.39 is 5.91 Å². The minimum Gasteiger partial charge on any atom is -0.484 e. The number of carbonyl (C=O) groups excluding carboxylic acids is 2. The van der Waals surface area contributed by atoms with Crippen LogP contribution in [0, 0.1) is 0 Å². The minimum absolute atomic E-state index is 0.160. The Hall–Kier alpha value is -2.60. The van der Waals surface area contributed by atoms with Gasteiger partial charge in [0, 0.05) is 13.0 Å². The van der Waals surface area contributed by atoms with Crippen molar-refractivity contribution in [2.45, 2.75) is 6.42 Å². The molecule has 0 aromatic heterocycles. The molecule has 0 bridgehead atoms. The molecule has 0 saturated heterocycles. The maximum Gasteiger partial charge on any atom is 0.276 e. The van der Waals surface area contributed by atoms with Crippen LogP contribution in [0.15, 0.2) is 42.5 Å². The van der Waals surface area contributed by atoms with E-state index in [0.717, 1.165) is 10.8 Å². The van der Waals surface area contributed by atoms with Gasteiger partial charge in [-0.1, -0.05) is 30.3 Å². The summed E-state index contributed by atoms with van der Waals surface area (Å²) in [5.74, 6) is -0.0353. The van der Waals surface area contributed by atoms with Crippen molar-refractivity contribution in [2.24, 2.45) is 0 Å². The topological polar surface area (TPSA) is 70.7 Å². The van der Waals surface area contributed by atoms with Gasteiger partial charge in [0.05, 0.1) is 0 Å². The summed E-state index contributed by atoms with van der Waals surface area (Å²) in [6, 6.07) is 13.5. The SMILES string of the molecule is CN(C)CCC(=O)NNC(=O)COc1ccc2ccccc2c1. The van der Waals surface area contributed by atoms with E-state index in [0.29, 0.717) is 18.7 Å². The fourth-order valence-electron chi connectivity index (χ4n) is 1.97. The quantitative estimate of drug-likeness (QED) is 0.789. The van der Waals surface area contributed by atoms with Gasteiger partial charge in [0.25, 0.3) is 5.91 Å². The monoisotopic (exact) mass is 315 g/mol. The second-order valence-electron chi connectivity index (χ2n) is 5.45. The molecule has 23 heavy (non-hydrogen) atoms. The summed E-state index contributed by atoms with van der Waals surface area (Å²) in [4.78, 5) is 25.0. The molecule has 0 unspecified atom stereocenters. The van der Waals surface area contributed by atoms with Crippen LogP contribution in [-0.2, 0) is 9.59 Å². The molecule has 2 aromatic rings. The maximum absolute atomic E-state index is 11.7. The van der Waals surface area contributed by atoms with E-state index in [9.17, 15) is 9.59 Å². The molecule has 0 radical (unpaired) electrons. The molecule has 0 atom stereocenters. The third-order valence-corrected chi connectivity index (χ3v) is 3.22. The van der Waals surface area contributed by atoms with Crippen molar-refractivity contribution < 1.29 is 14.3 Å². The van der Waals surface area contributed by atoms with Gasteiger partial charge in [-0.05, 0) is 37.0 Å². The van der Waals surface area contributed by atoms with Crippen molar-refractivity contribution in [1.29, 1.82) is 0 Å². The van der Waals surface area contributed by atoms with E-state index in [1.54, 1.807) is 0 Å². The molecule has 2 aromatic carbocycles. The van der Waals surface area contributed by atoms with Crippen LogP contribution in [0.25, 0.3) is 10.8 Å². The summed E-state index contributed by atoms with van der Waals surface area (Å²) in [6.45, 7) is 0.460. The summed E-state index contributed by atoms with van der Waals surface area (Å²) in [5, 5.41) is 2.15. The average Bonchev–Trinajstić information content (AvgIpc) is 2.56. The van der Waals surface area contributed by atoms with Crippen molar-refractivity contribution in [3.63, 3.8) is 0 Å². The number of ether oxygens (including phenoxy) is 1. The van der Waals surface area contributed by atoms with Gasteiger partial charge >= 0.3 is 0 Å². The Kier molecular flexibility index (Phi) is 5.94. The third kappa shape index (κ3) is 5.60. The van der Waals surface area contributed by atoms with Gasteiger partial charge in [-0.25, -0.2) is 0 Å². The van der Waals surface area contributed by atoms with Crippen molar-refractivity contribution in [3.05, 3.63) is 42.5 Å². The smallest absolute Gasteiger partial charge is 0.276 e. The number of fused-ring (bicyclic) bond motifs is 1. The molecule has 0 aliphatic carbocycles. The van der Waals surface area contributed by atoms with Crippen LogP contribution in [0.1, 0.15) is 6.42 Å². The molecule has 6 nitrogen and oxygen atoms in total. The highest BCUT2D eigenvalue weighted by molar-refractivity contribution is 5.84. The molecular formula is C17H21N3O3. The zero-order chi connectivity index (χ0) is 16.7. The Morgan fingerprint density at radius 2 is 1.70 bits per heavy atom. The first kappa shape index (κ1) is 16.8. The number of amides is 2. The second-order valence-corrected chi connectivity index (χ2v) is 5.45. The molecule has 2 rings (SSSR count). The van der Waals surface area contributed by atoms with Gasteiger partial charge in [-0.3, -0.25) is 20.4 Å². The lowest BCUT2D eigenvalue weighted by atomic mass is 10.1. The third-order valence-electron chi connectivity index (χ3n) is 3.22. The molecule has 0 saturated carbocycles. The number of rotatable bonds is 6. The lowest BCUT2D eigenvalue weighted by Gasteiger charge is -2.11. The van der Waals surface area contributed by atoms with Crippen LogP contribution in [0.5, 0.6) is 5.75 Å². The van der Waals surface area contributed by atoms with Crippen LogP contribution in [0.3, 0.4) is 0 Å². The minimum atomic E-state index is -0.406. The summed E-state index contributed by atoms with van der Waals surface area (Å²) >= 11 is 0. The fourth-order valence-corrected chi connectivity index (χ4v) is 1.97. The molecule has 122 valence electrons. The Labute approximate surface area is 135 Å². The standard InChI is InChI=1S/C17H21N3O3/c1-20(2)10-9-16(21)18-19-17(22)12-23-15-8-7-13-5-3-4-6-14(13)11-15/h3-8,11H,9-10,12H2,1-2H3,(H,18,21)(H,19,22). The number of hydrogen-bond donors (Lipinski definition) is 2. The Morgan fingerprint density at radius 1 is 1.00 bits per heavy atom. The summed E-state index contributed by atoms with van der Waals surface area (Å²) in [5.41, 5.74) is 4.69. The molecule has 0 heterocycles. The normalized spacial score (nSPS) is 10.6. The number of carbonyl (C=O) groups is 2. The molecule has 6 heteroatoms. The van der Waals surface area contributed by atoms with Crippen molar-refractivity contribution in [3.8, 4) is 5.75 Å². The number of nitrogens with zero attached hydrogens (tertiary/aromatic N) is 1. The van der Waals surface area contributed by atoms with Gasteiger partial charge in [0.15, 0.2) is 6.61 Å². The summed E-state index contributed by atoms with van der Waals surface area (Å²) in [7, 11) is 3.76. The first-order chi connectivity index (χ1) is 11.0. The molecular weight excluding hydrogens is 294 g/mol. The van der Waals surface area contributed by atoms with Crippen molar-refractivity contribution >= 4 is 22.6 Å². The predicted molar refractivity (Wildman–Crippen MR) is 88.9 cm³/mol. The molecule has 0 spiro atoms. The predicted octanol–water partition coefficient (Wildman–Crippen LogP) is 1.32. The fraction of sp³-hybridized carbons (Fsp3) is 0.294. The molecule has 2 N–H and O–H groups in total. The summed E-state index contributed by atoms with van der Waals surface area (Å²) < 4.78 is 5.43. The number of hydrogen-bond acceptors (Lipinski definition) is 4.